The molecule has 1 aliphatic heterocycles. The van der Waals surface area contributed by atoms with E-state index < -0.39 is 0 Å². The molecule has 2 rings (SSSR count). The van der Waals surface area contributed by atoms with Gasteiger partial charge in [-0.3, -0.25) is 0 Å². The zero-order valence-electron chi connectivity index (χ0n) is 11.2. The maximum Gasteiger partial charge on any atom is 0.120 e. The standard InChI is InChI=1S/C15H24N2O/c1-17-10-7-13(8-11-17)6-9-16-12-14-4-2-3-5-15(14)18/h2-5,13,16,18H,6-12H2,1H3. The predicted octanol–water partition coefficient (Wildman–Crippen LogP) is 2.21. The van der Waals surface area contributed by atoms with Crippen LogP contribution in [0, 0.1) is 5.92 Å². The lowest BCUT2D eigenvalue weighted by Gasteiger charge is -2.28. The summed E-state index contributed by atoms with van der Waals surface area (Å²) >= 11 is 0. The second kappa shape index (κ2) is 6.76. The molecule has 100 valence electrons. The van der Waals surface area contributed by atoms with Gasteiger partial charge in [0.15, 0.2) is 0 Å². The highest BCUT2D eigenvalue weighted by Crippen LogP contribution is 2.19. The van der Waals surface area contributed by atoms with Gasteiger partial charge >= 0.3 is 0 Å². The monoisotopic (exact) mass is 248 g/mol. The van der Waals surface area contributed by atoms with Crippen LogP contribution in [0.1, 0.15) is 24.8 Å². The van der Waals surface area contributed by atoms with Gasteiger partial charge in [0.1, 0.15) is 5.75 Å². The molecule has 0 spiro atoms. The third kappa shape index (κ3) is 4.00. The van der Waals surface area contributed by atoms with E-state index in [0.717, 1.165) is 24.6 Å². The highest BCUT2D eigenvalue weighted by atomic mass is 16.3. The fourth-order valence-corrected chi connectivity index (χ4v) is 2.54. The number of hydrogen-bond acceptors (Lipinski definition) is 3. The first kappa shape index (κ1) is 13.4. The Kier molecular flexibility index (Phi) is 5.02. The molecule has 0 aliphatic carbocycles. The maximum atomic E-state index is 9.64. The van der Waals surface area contributed by atoms with Crippen molar-refractivity contribution in [3.8, 4) is 5.75 Å². The minimum absolute atomic E-state index is 0.393. The van der Waals surface area contributed by atoms with Gasteiger partial charge in [-0.15, -0.1) is 0 Å². The number of phenols is 1. The van der Waals surface area contributed by atoms with E-state index in [-0.39, 0.29) is 0 Å². The van der Waals surface area contributed by atoms with Gasteiger partial charge in [0.05, 0.1) is 0 Å². The van der Waals surface area contributed by atoms with Crippen LogP contribution in [-0.2, 0) is 6.54 Å². The Balaban J connectivity index is 1.63. The van der Waals surface area contributed by atoms with Gasteiger partial charge < -0.3 is 15.3 Å². The average molecular weight is 248 g/mol. The number of aromatic hydroxyl groups is 1. The topological polar surface area (TPSA) is 35.5 Å². The van der Waals surface area contributed by atoms with Crippen LogP contribution in [0.3, 0.4) is 0 Å². The molecular formula is C15H24N2O. The molecule has 1 fully saturated rings. The second-order valence-electron chi connectivity index (χ2n) is 5.34. The molecule has 1 saturated heterocycles. The highest BCUT2D eigenvalue weighted by Gasteiger charge is 2.15. The molecule has 0 aromatic heterocycles. The summed E-state index contributed by atoms with van der Waals surface area (Å²) in [6.07, 6.45) is 3.91. The summed E-state index contributed by atoms with van der Waals surface area (Å²) in [6.45, 7) is 4.29. The van der Waals surface area contributed by atoms with Gasteiger partial charge in [-0.2, -0.15) is 0 Å². The molecule has 0 unspecified atom stereocenters. The number of piperidine rings is 1. The zero-order chi connectivity index (χ0) is 12.8. The van der Waals surface area contributed by atoms with Crippen LogP contribution >= 0.6 is 0 Å². The molecule has 0 bridgehead atoms. The first-order chi connectivity index (χ1) is 8.75. The summed E-state index contributed by atoms with van der Waals surface area (Å²) in [5.74, 6) is 1.27. The quantitative estimate of drug-likeness (QED) is 0.784. The van der Waals surface area contributed by atoms with Crippen molar-refractivity contribution >= 4 is 0 Å². The predicted molar refractivity (Wildman–Crippen MR) is 74.7 cm³/mol. The number of hydrogen-bond donors (Lipinski definition) is 2. The third-order valence-corrected chi connectivity index (χ3v) is 3.87. The Morgan fingerprint density at radius 1 is 1.28 bits per heavy atom. The van der Waals surface area contributed by atoms with E-state index >= 15 is 0 Å². The molecule has 0 amide bonds. The van der Waals surface area contributed by atoms with Crippen molar-refractivity contribution in [1.82, 2.24) is 10.2 Å². The van der Waals surface area contributed by atoms with E-state index in [2.05, 4.69) is 17.3 Å². The molecule has 0 atom stereocenters. The molecule has 3 nitrogen and oxygen atoms in total. The van der Waals surface area contributed by atoms with E-state index in [1.54, 1.807) is 6.07 Å². The molecular weight excluding hydrogens is 224 g/mol. The van der Waals surface area contributed by atoms with Gasteiger partial charge in [0.25, 0.3) is 0 Å². The normalized spacial score (nSPS) is 18.1. The van der Waals surface area contributed by atoms with Crippen LogP contribution in [0.4, 0.5) is 0 Å². The number of para-hydroxylation sites is 1. The number of phenolic OH excluding ortho intramolecular Hbond substituents is 1. The lowest BCUT2D eigenvalue weighted by molar-refractivity contribution is 0.211. The van der Waals surface area contributed by atoms with Crippen LogP contribution in [0.5, 0.6) is 5.75 Å². The van der Waals surface area contributed by atoms with Crippen LogP contribution in [0.15, 0.2) is 24.3 Å². The Morgan fingerprint density at radius 3 is 2.72 bits per heavy atom. The van der Waals surface area contributed by atoms with E-state index in [1.165, 1.54) is 32.4 Å². The summed E-state index contributed by atoms with van der Waals surface area (Å²) in [5.41, 5.74) is 0.987. The first-order valence-electron chi connectivity index (χ1n) is 6.92. The van der Waals surface area contributed by atoms with E-state index in [1.807, 2.05) is 18.2 Å². The fourth-order valence-electron chi connectivity index (χ4n) is 2.54. The molecule has 1 aromatic carbocycles. The Hall–Kier alpha value is -1.06. The van der Waals surface area contributed by atoms with E-state index in [0.29, 0.717) is 5.75 Å². The molecule has 1 aromatic rings. The van der Waals surface area contributed by atoms with E-state index in [4.69, 9.17) is 0 Å². The van der Waals surface area contributed by atoms with Gasteiger partial charge in [-0.1, -0.05) is 18.2 Å². The number of benzene rings is 1. The summed E-state index contributed by atoms with van der Waals surface area (Å²) in [4.78, 5) is 2.41. The van der Waals surface area contributed by atoms with Gasteiger partial charge in [-0.05, 0) is 57.9 Å². The summed E-state index contributed by atoms with van der Waals surface area (Å²) in [5, 5.41) is 13.1. The molecule has 1 aliphatic rings. The Bertz CT molecular complexity index is 359. The SMILES string of the molecule is CN1CCC(CCNCc2ccccc2O)CC1. The smallest absolute Gasteiger partial charge is 0.120 e. The van der Waals surface area contributed by atoms with Crippen molar-refractivity contribution in [2.75, 3.05) is 26.7 Å². The minimum atomic E-state index is 0.393. The third-order valence-electron chi connectivity index (χ3n) is 3.87. The Labute approximate surface area is 110 Å². The summed E-state index contributed by atoms with van der Waals surface area (Å²) in [7, 11) is 2.20. The molecule has 0 radical (unpaired) electrons. The number of likely N-dealkylation sites (tertiary alicyclic amines) is 1. The summed E-state index contributed by atoms with van der Waals surface area (Å²) < 4.78 is 0. The van der Waals surface area contributed by atoms with Crippen LogP contribution < -0.4 is 5.32 Å². The van der Waals surface area contributed by atoms with Crippen molar-refractivity contribution < 1.29 is 5.11 Å². The number of nitrogens with one attached hydrogen (secondary N) is 1. The van der Waals surface area contributed by atoms with Crippen LogP contribution in [-0.4, -0.2) is 36.7 Å². The van der Waals surface area contributed by atoms with Crippen molar-refractivity contribution in [2.45, 2.75) is 25.8 Å². The van der Waals surface area contributed by atoms with Gasteiger partial charge in [-0.25, -0.2) is 0 Å². The first-order valence-corrected chi connectivity index (χ1v) is 6.92. The molecule has 0 saturated carbocycles. The minimum Gasteiger partial charge on any atom is -0.508 e. The lowest BCUT2D eigenvalue weighted by Crippen LogP contribution is -2.31. The van der Waals surface area contributed by atoms with Crippen LogP contribution in [0.25, 0.3) is 0 Å². The highest BCUT2D eigenvalue weighted by molar-refractivity contribution is 5.31. The van der Waals surface area contributed by atoms with Gasteiger partial charge in [0.2, 0.25) is 0 Å². The van der Waals surface area contributed by atoms with Crippen molar-refractivity contribution in [3.05, 3.63) is 29.8 Å². The number of nitrogens with zero attached hydrogens (tertiary/aromatic N) is 1. The number of rotatable bonds is 5. The largest absolute Gasteiger partial charge is 0.508 e. The average Bonchev–Trinajstić information content (AvgIpc) is 2.39. The van der Waals surface area contributed by atoms with Crippen LogP contribution in [0.2, 0.25) is 0 Å². The molecule has 2 N–H and O–H groups in total. The second-order valence-corrected chi connectivity index (χ2v) is 5.34. The fraction of sp³-hybridized carbons (Fsp3) is 0.600. The molecule has 3 heteroatoms. The molecule has 1 heterocycles. The van der Waals surface area contributed by atoms with E-state index in [9.17, 15) is 5.11 Å². The molecule has 18 heavy (non-hydrogen) atoms. The van der Waals surface area contributed by atoms with Crippen molar-refractivity contribution in [1.29, 1.82) is 0 Å². The zero-order valence-corrected chi connectivity index (χ0v) is 11.2. The summed E-state index contributed by atoms with van der Waals surface area (Å²) in [6, 6.07) is 7.54. The van der Waals surface area contributed by atoms with Crippen molar-refractivity contribution in [3.63, 3.8) is 0 Å². The lowest BCUT2D eigenvalue weighted by atomic mass is 9.94. The van der Waals surface area contributed by atoms with Crippen molar-refractivity contribution in [2.24, 2.45) is 5.92 Å². The van der Waals surface area contributed by atoms with Gasteiger partial charge in [0, 0.05) is 12.1 Å². The maximum absolute atomic E-state index is 9.64. The Morgan fingerprint density at radius 2 is 2.00 bits per heavy atom.